The largest absolute Gasteiger partial charge is 0.481 e. The number of unbranched alkanes of at least 4 members (excludes halogenated alkanes) is 9. The van der Waals surface area contributed by atoms with E-state index in [-0.39, 0.29) is 17.2 Å². The molecule has 0 aromatic carbocycles. The minimum atomic E-state index is -0.733. The van der Waals surface area contributed by atoms with Gasteiger partial charge in [0, 0.05) is 17.2 Å². The standard InChI is InChI=1S/C18H34Cl2O2/c1-2-3-4-5-6-7-8-9-10-13-16(19)17(20)14-11-12-15-18(21)22/h16-17H,2-15H2,1H3,(H,21,22)/t16-,17-/m1/s1. The Bertz CT molecular complexity index is 259. The van der Waals surface area contributed by atoms with Gasteiger partial charge in [-0.2, -0.15) is 0 Å². The second-order valence-corrected chi connectivity index (χ2v) is 7.41. The highest BCUT2D eigenvalue weighted by molar-refractivity contribution is 6.29. The van der Waals surface area contributed by atoms with Gasteiger partial charge in [0.25, 0.3) is 0 Å². The van der Waals surface area contributed by atoms with E-state index in [1.807, 2.05) is 0 Å². The smallest absolute Gasteiger partial charge is 0.303 e. The summed E-state index contributed by atoms with van der Waals surface area (Å²) in [5, 5.41) is 8.58. The van der Waals surface area contributed by atoms with Crippen LogP contribution in [0.25, 0.3) is 0 Å². The molecule has 0 spiro atoms. The zero-order chi connectivity index (χ0) is 16.6. The molecule has 2 nitrogen and oxygen atoms in total. The number of hydrogen-bond acceptors (Lipinski definition) is 1. The van der Waals surface area contributed by atoms with Crippen molar-refractivity contribution < 1.29 is 9.90 Å². The minimum Gasteiger partial charge on any atom is -0.481 e. The molecule has 0 aromatic rings. The van der Waals surface area contributed by atoms with E-state index in [9.17, 15) is 4.79 Å². The van der Waals surface area contributed by atoms with Crippen LogP contribution in [0.3, 0.4) is 0 Å². The van der Waals surface area contributed by atoms with Crippen LogP contribution in [0.15, 0.2) is 0 Å². The van der Waals surface area contributed by atoms with Crippen molar-refractivity contribution in [2.75, 3.05) is 0 Å². The Kier molecular flexibility index (Phi) is 16.0. The first-order chi connectivity index (χ1) is 10.6. The molecule has 4 heteroatoms. The van der Waals surface area contributed by atoms with Crippen LogP contribution >= 0.6 is 23.2 Å². The maximum absolute atomic E-state index is 10.4. The van der Waals surface area contributed by atoms with E-state index in [0.29, 0.717) is 6.42 Å². The molecule has 0 unspecified atom stereocenters. The van der Waals surface area contributed by atoms with Crippen LogP contribution in [0.4, 0.5) is 0 Å². The van der Waals surface area contributed by atoms with Crippen molar-refractivity contribution in [1.29, 1.82) is 0 Å². The lowest BCUT2D eigenvalue weighted by Crippen LogP contribution is -2.15. The molecular weight excluding hydrogens is 319 g/mol. The van der Waals surface area contributed by atoms with Crippen molar-refractivity contribution in [2.45, 2.75) is 108 Å². The minimum absolute atomic E-state index is 0.0236. The summed E-state index contributed by atoms with van der Waals surface area (Å²) in [6.07, 6.45) is 15.4. The molecule has 0 fully saturated rings. The van der Waals surface area contributed by atoms with Crippen LogP contribution in [0.2, 0.25) is 0 Å². The zero-order valence-electron chi connectivity index (χ0n) is 14.2. The Balaban J connectivity index is 3.36. The van der Waals surface area contributed by atoms with Gasteiger partial charge in [0.15, 0.2) is 0 Å². The third-order valence-corrected chi connectivity index (χ3v) is 5.27. The predicted octanol–water partition coefficient (Wildman–Crippen LogP) is 6.77. The Hall–Kier alpha value is 0.0500. The SMILES string of the molecule is CCCCCCCCCCC[C@@H](Cl)[C@H](Cl)CCCCC(=O)O. The second kappa shape index (κ2) is 15.9. The number of carboxylic acids is 1. The fourth-order valence-electron chi connectivity index (χ4n) is 2.63. The summed E-state index contributed by atoms with van der Waals surface area (Å²) >= 11 is 12.6. The Labute approximate surface area is 147 Å². The molecule has 0 aliphatic rings. The summed E-state index contributed by atoms with van der Waals surface area (Å²) in [5.74, 6) is -0.733. The van der Waals surface area contributed by atoms with Crippen LogP contribution in [0, 0.1) is 0 Å². The van der Waals surface area contributed by atoms with Crippen molar-refractivity contribution in [1.82, 2.24) is 0 Å². The van der Waals surface area contributed by atoms with Crippen LogP contribution in [-0.4, -0.2) is 21.8 Å². The number of alkyl halides is 2. The first kappa shape index (κ1) is 22.1. The van der Waals surface area contributed by atoms with E-state index in [4.69, 9.17) is 28.3 Å². The molecule has 0 saturated carbocycles. The number of carboxylic acid groups (broad SMARTS) is 1. The van der Waals surface area contributed by atoms with Gasteiger partial charge in [-0.25, -0.2) is 0 Å². The van der Waals surface area contributed by atoms with E-state index in [1.165, 1.54) is 51.4 Å². The molecule has 0 aliphatic heterocycles. The quantitative estimate of drug-likeness (QED) is 0.246. The maximum Gasteiger partial charge on any atom is 0.303 e. The number of aliphatic carboxylic acids is 1. The van der Waals surface area contributed by atoms with Gasteiger partial charge in [-0.3, -0.25) is 4.79 Å². The molecular formula is C18H34Cl2O2. The first-order valence-electron chi connectivity index (χ1n) is 9.07. The summed E-state index contributed by atoms with van der Waals surface area (Å²) in [4.78, 5) is 10.4. The third-order valence-electron chi connectivity index (χ3n) is 4.10. The molecule has 1 N–H and O–H groups in total. The number of halogens is 2. The molecule has 0 rings (SSSR count). The monoisotopic (exact) mass is 352 g/mol. The topological polar surface area (TPSA) is 37.3 Å². The zero-order valence-corrected chi connectivity index (χ0v) is 15.7. The van der Waals surface area contributed by atoms with Gasteiger partial charge in [0.1, 0.15) is 0 Å². The van der Waals surface area contributed by atoms with Crippen LogP contribution < -0.4 is 0 Å². The predicted molar refractivity (Wildman–Crippen MR) is 97.2 cm³/mol. The lowest BCUT2D eigenvalue weighted by Gasteiger charge is -2.15. The van der Waals surface area contributed by atoms with Crippen LogP contribution in [-0.2, 0) is 4.79 Å². The van der Waals surface area contributed by atoms with Crippen molar-refractivity contribution >= 4 is 29.2 Å². The lowest BCUT2D eigenvalue weighted by atomic mass is 10.0. The number of carbonyl (C=O) groups is 1. The molecule has 22 heavy (non-hydrogen) atoms. The first-order valence-corrected chi connectivity index (χ1v) is 9.95. The maximum atomic E-state index is 10.4. The summed E-state index contributed by atoms with van der Waals surface area (Å²) in [6.45, 7) is 2.25. The average molecular weight is 353 g/mol. The molecule has 132 valence electrons. The third kappa shape index (κ3) is 15.0. The highest BCUT2D eigenvalue weighted by atomic mass is 35.5. The highest BCUT2D eigenvalue weighted by Gasteiger charge is 2.15. The Morgan fingerprint density at radius 3 is 1.64 bits per heavy atom. The van der Waals surface area contributed by atoms with Gasteiger partial charge in [0.2, 0.25) is 0 Å². The highest BCUT2D eigenvalue weighted by Crippen LogP contribution is 2.22. The van der Waals surface area contributed by atoms with Crippen LogP contribution in [0.5, 0.6) is 0 Å². The summed E-state index contributed by atoms with van der Waals surface area (Å²) < 4.78 is 0. The lowest BCUT2D eigenvalue weighted by molar-refractivity contribution is -0.137. The van der Waals surface area contributed by atoms with E-state index in [0.717, 1.165) is 25.7 Å². The summed E-state index contributed by atoms with van der Waals surface area (Å²) in [5.41, 5.74) is 0. The van der Waals surface area contributed by atoms with Crippen molar-refractivity contribution in [2.24, 2.45) is 0 Å². The Morgan fingerprint density at radius 1 is 0.773 bits per heavy atom. The van der Waals surface area contributed by atoms with Gasteiger partial charge in [-0.15, -0.1) is 23.2 Å². The molecule has 0 amide bonds. The van der Waals surface area contributed by atoms with E-state index < -0.39 is 5.97 Å². The summed E-state index contributed by atoms with van der Waals surface area (Å²) in [6, 6.07) is 0. The van der Waals surface area contributed by atoms with Crippen molar-refractivity contribution in [3.05, 3.63) is 0 Å². The van der Waals surface area contributed by atoms with E-state index >= 15 is 0 Å². The fraction of sp³-hybridized carbons (Fsp3) is 0.944. The van der Waals surface area contributed by atoms with Crippen molar-refractivity contribution in [3.63, 3.8) is 0 Å². The van der Waals surface area contributed by atoms with Gasteiger partial charge >= 0.3 is 5.97 Å². The molecule has 0 aliphatic carbocycles. The molecule has 0 aromatic heterocycles. The second-order valence-electron chi connectivity index (χ2n) is 6.29. The Morgan fingerprint density at radius 2 is 1.18 bits per heavy atom. The van der Waals surface area contributed by atoms with Gasteiger partial charge in [-0.1, -0.05) is 71.1 Å². The average Bonchev–Trinajstić information content (AvgIpc) is 2.49. The van der Waals surface area contributed by atoms with Crippen molar-refractivity contribution in [3.8, 4) is 0 Å². The number of hydrogen-bond donors (Lipinski definition) is 1. The van der Waals surface area contributed by atoms with Gasteiger partial charge < -0.3 is 5.11 Å². The van der Waals surface area contributed by atoms with Gasteiger partial charge in [-0.05, 0) is 19.3 Å². The number of rotatable bonds is 16. The molecule has 0 bridgehead atoms. The summed E-state index contributed by atoms with van der Waals surface area (Å²) in [7, 11) is 0. The molecule has 0 heterocycles. The van der Waals surface area contributed by atoms with Gasteiger partial charge in [0.05, 0.1) is 0 Å². The molecule has 0 saturated heterocycles. The van der Waals surface area contributed by atoms with E-state index in [1.54, 1.807) is 0 Å². The fourth-order valence-corrected chi connectivity index (χ4v) is 3.19. The normalized spacial score (nSPS) is 14.0. The molecule has 2 atom stereocenters. The molecule has 0 radical (unpaired) electrons. The van der Waals surface area contributed by atoms with Crippen LogP contribution in [0.1, 0.15) is 96.8 Å². The van der Waals surface area contributed by atoms with E-state index in [2.05, 4.69) is 6.92 Å².